The molecule has 8 nitrogen and oxygen atoms in total. The molecule has 2 aromatic carbocycles. The van der Waals surface area contributed by atoms with Crippen LogP contribution in [0.1, 0.15) is 69.7 Å². The van der Waals surface area contributed by atoms with Crippen molar-refractivity contribution in [2.24, 2.45) is 11.8 Å². The molecule has 0 unspecified atom stereocenters. The SMILES string of the molecule is Cc1nc2cc([C@H](C(=O)NC(C)(C)C)N3C(=O)[C@@H](C4Cc5ccccc5C4)NC(=O)[C@H]3CC(C)C)ccc2o1. The molecule has 206 valence electrons. The largest absolute Gasteiger partial charge is 0.441 e. The Balaban J connectivity index is 1.59. The van der Waals surface area contributed by atoms with Gasteiger partial charge in [-0.2, -0.15) is 0 Å². The van der Waals surface area contributed by atoms with E-state index in [1.807, 2.05) is 46.8 Å². The highest BCUT2D eigenvalue weighted by Crippen LogP contribution is 2.36. The van der Waals surface area contributed by atoms with E-state index in [2.05, 4.69) is 27.8 Å². The minimum atomic E-state index is -1.00. The van der Waals surface area contributed by atoms with Gasteiger partial charge in [0.25, 0.3) is 0 Å². The van der Waals surface area contributed by atoms with Gasteiger partial charge in [0, 0.05) is 12.5 Å². The topological polar surface area (TPSA) is 105 Å². The minimum Gasteiger partial charge on any atom is -0.441 e. The molecule has 5 rings (SSSR count). The molecule has 0 spiro atoms. The van der Waals surface area contributed by atoms with Crippen LogP contribution in [0.2, 0.25) is 0 Å². The molecule has 3 atom stereocenters. The summed E-state index contributed by atoms with van der Waals surface area (Å²) in [6, 6.07) is 11.1. The molecule has 1 fully saturated rings. The number of piperazine rings is 1. The number of hydrogen-bond acceptors (Lipinski definition) is 5. The molecule has 1 aliphatic heterocycles. The van der Waals surface area contributed by atoms with Crippen molar-refractivity contribution < 1.29 is 18.8 Å². The first-order valence-corrected chi connectivity index (χ1v) is 13.8. The van der Waals surface area contributed by atoms with Crippen LogP contribution in [0.5, 0.6) is 0 Å². The molecule has 1 aromatic heterocycles. The number of carbonyl (C=O) groups excluding carboxylic acids is 3. The molecule has 3 aromatic rings. The normalized spacial score (nSPS) is 20.8. The quantitative estimate of drug-likeness (QED) is 0.496. The number of oxazole rings is 1. The lowest BCUT2D eigenvalue weighted by Gasteiger charge is -2.45. The lowest BCUT2D eigenvalue weighted by Crippen LogP contribution is -2.67. The second-order valence-corrected chi connectivity index (χ2v) is 12.4. The van der Waals surface area contributed by atoms with Crippen molar-refractivity contribution in [3.05, 3.63) is 65.0 Å². The Morgan fingerprint density at radius 3 is 2.41 bits per heavy atom. The van der Waals surface area contributed by atoms with Crippen LogP contribution in [0.15, 0.2) is 46.9 Å². The molecule has 3 amide bonds. The summed E-state index contributed by atoms with van der Waals surface area (Å²) in [6.07, 6.45) is 1.86. The van der Waals surface area contributed by atoms with Gasteiger partial charge >= 0.3 is 0 Å². The number of nitrogens with one attached hydrogen (secondary N) is 2. The summed E-state index contributed by atoms with van der Waals surface area (Å²) in [5.41, 5.74) is 3.68. The van der Waals surface area contributed by atoms with E-state index < -0.39 is 23.7 Å². The van der Waals surface area contributed by atoms with Crippen molar-refractivity contribution in [2.45, 2.75) is 84.5 Å². The molecule has 2 aliphatic rings. The van der Waals surface area contributed by atoms with Crippen LogP contribution in [-0.2, 0) is 27.2 Å². The maximum absolute atomic E-state index is 14.5. The van der Waals surface area contributed by atoms with Gasteiger partial charge < -0.3 is 20.0 Å². The van der Waals surface area contributed by atoms with Crippen molar-refractivity contribution in [1.82, 2.24) is 20.5 Å². The third kappa shape index (κ3) is 5.42. The van der Waals surface area contributed by atoms with Gasteiger partial charge in [-0.15, -0.1) is 0 Å². The number of aryl methyl sites for hydroxylation is 1. The van der Waals surface area contributed by atoms with E-state index in [1.54, 1.807) is 30.0 Å². The van der Waals surface area contributed by atoms with E-state index in [0.717, 1.165) is 0 Å². The average molecular weight is 531 g/mol. The highest BCUT2D eigenvalue weighted by atomic mass is 16.3. The first kappa shape index (κ1) is 26.9. The number of carbonyl (C=O) groups is 3. The van der Waals surface area contributed by atoms with Gasteiger partial charge in [-0.25, -0.2) is 4.98 Å². The maximum Gasteiger partial charge on any atom is 0.247 e. The van der Waals surface area contributed by atoms with Crippen LogP contribution >= 0.6 is 0 Å². The fourth-order valence-electron chi connectivity index (χ4n) is 5.98. The zero-order valence-electron chi connectivity index (χ0n) is 23.6. The number of benzene rings is 2. The minimum absolute atomic E-state index is 0.0756. The van der Waals surface area contributed by atoms with Crippen LogP contribution in [-0.4, -0.2) is 45.2 Å². The van der Waals surface area contributed by atoms with E-state index in [-0.39, 0.29) is 29.6 Å². The number of nitrogens with zero attached hydrogens (tertiary/aromatic N) is 2. The van der Waals surface area contributed by atoms with Crippen molar-refractivity contribution in [3.63, 3.8) is 0 Å². The van der Waals surface area contributed by atoms with E-state index >= 15 is 0 Å². The van der Waals surface area contributed by atoms with E-state index in [1.165, 1.54) is 11.1 Å². The van der Waals surface area contributed by atoms with Gasteiger partial charge in [-0.05, 0) is 80.7 Å². The molecule has 0 radical (unpaired) electrons. The van der Waals surface area contributed by atoms with Crippen LogP contribution in [0.25, 0.3) is 11.1 Å². The Hall–Kier alpha value is -3.68. The maximum atomic E-state index is 14.5. The standard InChI is InChI=1S/C31H38N4O4/c1-17(2)13-24-28(36)33-26(22-14-19-9-7-8-10-20(19)15-22)30(38)35(24)27(29(37)34-31(4,5)6)21-11-12-25-23(16-21)32-18(3)39-25/h7-12,16-17,22,24,26-27H,13-15H2,1-6H3,(H,33,36)(H,34,37)/t24-,26-,27-/m1/s1. The van der Waals surface area contributed by atoms with Crippen LogP contribution in [0.3, 0.4) is 0 Å². The van der Waals surface area contributed by atoms with E-state index in [4.69, 9.17) is 4.42 Å². The number of aromatic nitrogens is 1. The van der Waals surface area contributed by atoms with Gasteiger partial charge in [0.15, 0.2) is 11.5 Å². The molecule has 1 saturated heterocycles. The molecule has 0 saturated carbocycles. The Morgan fingerprint density at radius 2 is 1.79 bits per heavy atom. The number of fused-ring (bicyclic) bond motifs is 2. The van der Waals surface area contributed by atoms with Crippen molar-refractivity contribution in [1.29, 1.82) is 0 Å². The molecular formula is C31H38N4O4. The van der Waals surface area contributed by atoms with E-state index in [9.17, 15) is 14.4 Å². The molecule has 0 bridgehead atoms. The second-order valence-electron chi connectivity index (χ2n) is 12.4. The first-order valence-electron chi connectivity index (χ1n) is 13.8. The number of rotatable bonds is 6. The van der Waals surface area contributed by atoms with Gasteiger partial charge in [0.2, 0.25) is 17.7 Å². The van der Waals surface area contributed by atoms with Gasteiger partial charge in [-0.3, -0.25) is 14.4 Å². The molecule has 8 heteroatoms. The monoisotopic (exact) mass is 530 g/mol. The molecule has 2 heterocycles. The van der Waals surface area contributed by atoms with Crippen molar-refractivity contribution in [3.8, 4) is 0 Å². The number of hydrogen-bond donors (Lipinski definition) is 2. The lowest BCUT2D eigenvalue weighted by atomic mass is 9.87. The molecular weight excluding hydrogens is 492 g/mol. The Kier molecular flexibility index (Phi) is 6.99. The fraction of sp³-hybridized carbons (Fsp3) is 0.484. The summed E-state index contributed by atoms with van der Waals surface area (Å²) in [7, 11) is 0. The highest BCUT2D eigenvalue weighted by molar-refractivity contribution is 6.00. The van der Waals surface area contributed by atoms with Gasteiger partial charge in [0.05, 0.1) is 0 Å². The second kappa shape index (κ2) is 10.1. The summed E-state index contributed by atoms with van der Waals surface area (Å²) < 4.78 is 5.66. The van der Waals surface area contributed by atoms with Crippen LogP contribution in [0.4, 0.5) is 0 Å². The summed E-state index contributed by atoms with van der Waals surface area (Å²) in [5, 5.41) is 6.13. The van der Waals surface area contributed by atoms with E-state index in [0.29, 0.717) is 41.8 Å². The zero-order chi connectivity index (χ0) is 28.1. The van der Waals surface area contributed by atoms with Crippen LogP contribution in [0, 0.1) is 18.8 Å². The summed E-state index contributed by atoms with van der Waals surface area (Å²) in [5.74, 6) is -0.180. The zero-order valence-corrected chi connectivity index (χ0v) is 23.6. The van der Waals surface area contributed by atoms with Crippen LogP contribution < -0.4 is 10.6 Å². The predicted octanol–water partition coefficient (Wildman–Crippen LogP) is 4.25. The van der Waals surface area contributed by atoms with Crippen molar-refractivity contribution in [2.75, 3.05) is 0 Å². The molecule has 39 heavy (non-hydrogen) atoms. The number of amides is 3. The third-order valence-electron chi connectivity index (χ3n) is 7.56. The fourth-order valence-corrected chi connectivity index (χ4v) is 5.98. The first-order chi connectivity index (χ1) is 18.4. The Bertz CT molecular complexity index is 1390. The molecule has 2 N–H and O–H groups in total. The average Bonchev–Trinajstić information content (AvgIpc) is 3.43. The van der Waals surface area contributed by atoms with Gasteiger partial charge in [0.1, 0.15) is 23.6 Å². The molecule has 1 aliphatic carbocycles. The summed E-state index contributed by atoms with van der Waals surface area (Å²) >= 11 is 0. The predicted molar refractivity (Wildman–Crippen MR) is 149 cm³/mol. The van der Waals surface area contributed by atoms with Crippen molar-refractivity contribution >= 4 is 28.8 Å². The third-order valence-corrected chi connectivity index (χ3v) is 7.56. The highest BCUT2D eigenvalue weighted by Gasteiger charge is 2.49. The summed E-state index contributed by atoms with van der Waals surface area (Å²) in [6.45, 7) is 11.5. The Labute approximate surface area is 229 Å². The smallest absolute Gasteiger partial charge is 0.247 e. The van der Waals surface area contributed by atoms with Gasteiger partial charge in [-0.1, -0.05) is 44.2 Å². The lowest BCUT2D eigenvalue weighted by molar-refractivity contribution is -0.158. The summed E-state index contributed by atoms with van der Waals surface area (Å²) in [4.78, 5) is 48.2. The Morgan fingerprint density at radius 1 is 1.13 bits per heavy atom.